The number of rotatable bonds is 4. The Labute approximate surface area is 135 Å². The van der Waals surface area contributed by atoms with Crippen LogP contribution in [0.1, 0.15) is 15.9 Å². The van der Waals surface area contributed by atoms with Crippen molar-refractivity contribution >= 4 is 28.2 Å². The molecule has 2 rings (SSSR count). The fourth-order valence-corrected chi connectivity index (χ4v) is 2.61. The Balaban J connectivity index is 2.56. The van der Waals surface area contributed by atoms with Gasteiger partial charge in [-0.1, -0.05) is 6.07 Å². The maximum absolute atomic E-state index is 12.8. The number of aromatic carboxylic acids is 1. The third-order valence-corrected chi connectivity index (χ3v) is 3.83. The second-order valence-corrected chi connectivity index (χ2v) is 5.48. The van der Waals surface area contributed by atoms with Crippen LogP contribution in [0.3, 0.4) is 0 Å². The van der Waals surface area contributed by atoms with Gasteiger partial charge in [-0.25, -0.2) is 17.5 Å². The van der Waals surface area contributed by atoms with Crippen molar-refractivity contribution in [3.63, 3.8) is 0 Å². The molecule has 0 aliphatic rings. The largest absolute Gasteiger partial charge is 0.507 e. The molecule has 2 N–H and O–H groups in total. The van der Waals surface area contributed by atoms with Crippen LogP contribution in [-0.4, -0.2) is 24.6 Å². The predicted molar refractivity (Wildman–Crippen MR) is 79.0 cm³/mol. The summed E-state index contributed by atoms with van der Waals surface area (Å²) in [5.41, 5.74) is -2.02. The van der Waals surface area contributed by atoms with E-state index in [-0.39, 0.29) is 11.4 Å². The van der Waals surface area contributed by atoms with Crippen molar-refractivity contribution in [2.45, 2.75) is 6.18 Å². The highest BCUT2D eigenvalue weighted by atomic mass is 32.2. The molecule has 0 heterocycles. The van der Waals surface area contributed by atoms with Gasteiger partial charge in [0.05, 0.1) is 16.9 Å². The zero-order valence-electron chi connectivity index (χ0n) is 11.7. The van der Waals surface area contributed by atoms with Gasteiger partial charge in [-0.15, -0.1) is 0 Å². The molecule has 128 valence electrons. The maximum Gasteiger partial charge on any atom is 0.416 e. The Hall–Kier alpha value is -2.75. The Morgan fingerprint density at radius 2 is 1.67 bits per heavy atom. The van der Waals surface area contributed by atoms with Gasteiger partial charge in [-0.05, 0) is 30.3 Å². The van der Waals surface area contributed by atoms with Crippen LogP contribution in [-0.2, 0) is 17.1 Å². The molecule has 0 amide bonds. The number of carboxylic acids is 1. The molecule has 0 saturated heterocycles. The van der Waals surface area contributed by atoms with E-state index < -0.39 is 39.9 Å². The summed E-state index contributed by atoms with van der Waals surface area (Å²) >= 11 is 0. The quantitative estimate of drug-likeness (QED) is 0.728. The molecule has 6 nitrogen and oxygen atoms in total. The zero-order chi connectivity index (χ0) is 18.1. The molecule has 0 saturated carbocycles. The van der Waals surface area contributed by atoms with Crippen LogP contribution in [0.25, 0.3) is 0 Å². The first-order valence-electron chi connectivity index (χ1n) is 6.29. The minimum atomic E-state index is -4.66. The second-order valence-electron chi connectivity index (χ2n) is 4.60. The van der Waals surface area contributed by atoms with Gasteiger partial charge in [0.25, 0.3) is 0 Å². The predicted octanol–water partition coefficient (Wildman–Crippen LogP) is 2.77. The number of alkyl halides is 3. The van der Waals surface area contributed by atoms with E-state index >= 15 is 0 Å². The van der Waals surface area contributed by atoms with E-state index in [4.69, 9.17) is 5.11 Å². The molecule has 2 aromatic carbocycles. The number of aromatic hydroxyl groups is 1. The highest BCUT2D eigenvalue weighted by Gasteiger charge is 2.31. The molecule has 0 spiro atoms. The summed E-state index contributed by atoms with van der Waals surface area (Å²) < 4.78 is 61.8. The summed E-state index contributed by atoms with van der Waals surface area (Å²) in [4.78, 5) is 10.8. The van der Waals surface area contributed by atoms with E-state index in [0.29, 0.717) is 10.4 Å². The lowest BCUT2D eigenvalue weighted by Crippen LogP contribution is -2.16. The van der Waals surface area contributed by atoms with E-state index in [2.05, 4.69) is 0 Å². The lowest BCUT2D eigenvalue weighted by molar-refractivity contribution is -0.137. The fourth-order valence-electron chi connectivity index (χ4n) is 1.98. The molecule has 0 bridgehead atoms. The van der Waals surface area contributed by atoms with E-state index in [1.165, 1.54) is 0 Å². The van der Waals surface area contributed by atoms with Gasteiger partial charge in [0.15, 0.2) is 0 Å². The number of phenols is 1. The summed E-state index contributed by atoms with van der Waals surface area (Å²) in [7, 11) is -3.39. The van der Waals surface area contributed by atoms with Gasteiger partial charge in [-0.3, -0.25) is 0 Å². The summed E-state index contributed by atoms with van der Waals surface area (Å²) in [6.45, 7) is 0. The summed E-state index contributed by atoms with van der Waals surface area (Å²) in [5.74, 6) is -2.15. The molecule has 2 aromatic rings. The standard InChI is InChI=1S/C14H10F3NO5S/c15-14(16,17)8-2-1-3-9(6-8)18(24(22)23)10-4-5-11(13(20)21)12(19)7-10/h1-7,19,24H,(H,20,21). The van der Waals surface area contributed by atoms with E-state index in [0.717, 1.165) is 36.4 Å². The van der Waals surface area contributed by atoms with Crippen LogP contribution in [0.15, 0.2) is 42.5 Å². The SMILES string of the molecule is O=C(O)c1ccc(N(c2cccc(C(F)(F)F)c2)[SH](=O)=O)cc1O. The summed E-state index contributed by atoms with van der Waals surface area (Å²) in [6, 6.07) is 6.45. The Morgan fingerprint density at radius 1 is 1.04 bits per heavy atom. The molecule has 10 heteroatoms. The molecule has 0 aromatic heterocycles. The van der Waals surface area contributed by atoms with Crippen molar-refractivity contribution in [2.24, 2.45) is 0 Å². The Bertz CT molecular complexity index is 856. The van der Waals surface area contributed by atoms with E-state index in [1.54, 1.807) is 0 Å². The van der Waals surface area contributed by atoms with Crippen LogP contribution in [0.2, 0.25) is 0 Å². The highest BCUT2D eigenvalue weighted by Crippen LogP contribution is 2.35. The number of carboxylic acid groups (broad SMARTS) is 1. The van der Waals surface area contributed by atoms with Crippen LogP contribution in [0, 0.1) is 0 Å². The molecule has 0 radical (unpaired) electrons. The van der Waals surface area contributed by atoms with Gasteiger partial charge >= 0.3 is 12.1 Å². The number of nitrogens with zero attached hydrogens (tertiary/aromatic N) is 1. The fraction of sp³-hybridized carbons (Fsp3) is 0.0714. The third kappa shape index (κ3) is 3.59. The molecular weight excluding hydrogens is 351 g/mol. The molecule has 0 atom stereocenters. The second kappa shape index (κ2) is 6.40. The maximum atomic E-state index is 12.8. The Kier molecular flexibility index (Phi) is 4.69. The smallest absolute Gasteiger partial charge is 0.416 e. The normalized spacial score (nSPS) is 11.5. The first-order valence-corrected chi connectivity index (χ1v) is 7.42. The Morgan fingerprint density at radius 3 is 2.17 bits per heavy atom. The molecule has 0 unspecified atom stereocenters. The monoisotopic (exact) mass is 361 g/mol. The number of thiol groups is 1. The van der Waals surface area contributed by atoms with Gasteiger partial charge < -0.3 is 10.2 Å². The summed E-state index contributed by atoms with van der Waals surface area (Å²) in [6.07, 6.45) is -4.66. The minimum absolute atomic E-state index is 0.201. The van der Waals surface area contributed by atoms with E-state index in [9.17, 15) is 31.5 Å². The van der Waals surface area contributed by atoms with Gasteiger partial charge in [-0.2, -0.15) is 13.2 Å². The molecule has 24 heavy (non-hydrogen) atoms. The lowest BCUT2D eigenvalue weighted by Gasteiger charge is -2.19. The molecule has 0 aliphatic carbocycles. The number of hydrogen-bond acceptors (Lipinski definition) is 4. The topological polar surface area (TPSA) is 94.9 Å². The molecular formula is C14H10F3NO5S. The van der Waals surface area contributed by atoms with Crippen molar-refractivity contribution in [1.82, 2.24) is 0 Å². The van der Waals surface area contributed by atoms with Crippen molar-refractivity contribution in [2.75, 3.05) is 4.31 Å². The van der Waals surface area contributed by atoms with Crippen molar-refractivity contribution in [3.05, 3.63) is 53.6 Å². The molecule has 0 aliphatic heterocycles. The lowest BCUT2D eigenvalue weighted by atomic mass is 10.1. The van der Waals surface area contributed by atoms with E-state index in [1.807, 2.05) is 0 Å². The van der Waals surface area contributed by atoms with Crippen molar-refractivity contribution in [1.29, 1.82) is 0 Å². The van der Waals surface area contributed by atoms with Gasteiger partial charge in [0, 0.05) is 6.07 Å². The van der Waals surface area contributed by atoms with Crippen molar-refractivity contribution in [3.8, 4) is 5.75 Å². The number of hydrogen-bond donors (Lipinski definition) is 3. The third-order valence-electron chi connectivity index (χ3n) is 3.04. The zero-order valence-corrected chi connectivity index (χ0v) is 12.6. The first-order chi connectivity index (χ1) is 11.1. The van der Waals surface area contributed by atoms with Crippen LogP contribution < -0.4 is 4.31 Å². The van der Waals surface area contributed by atoms with Crippen LogP contribution in [0.4, 0.5) is 24.5 Å². The average molecular weight is 361 g/mol. The number of halogens is 3. The van der Waals surface area contributed by atoms with Crippen LogP contribution >= 0.6 is 0 Å². The number of carbonyl (C=O) groups is 1. The molecule has 0 fully saturated rings. The first kappa shape index (κ1) is 17.6. The number of anilines is 2. The summed E-state index contributed by atoms with van der Waals surface area (Å²) in [5, 5.41) is 18.5. The highest BCUT2D eigenvalue weighted by molar-refractivity contribution is 7.74. The van der Waals surface area contributed by atoms with Gasteiger partial charge in [0.1, 0.15) is 11.3 Å². The van der Waals surface area contributed by atoms with Crippen molar-refractivity contribution < 1.29 is 36.6 Å². The average Bonchev–Trinajstić information content (AvgIpc) is 2.46. The van der Waals surface area contributed by atoms with Crippen LogP contribution in [0.5, 0.6) is 5.75 Å². The van der Waals surface area contributed by atoms with Gasteiger partial charge in [0.2, 0.25) is 10.9 Å². The number of benzene rings is 2. The minimum Gasteiger partial charge on any atom is -0.507 e.